The fraction of sp³-hybridized carbons (Fsp3) is 0. The van der Waals surface area contributed by atoms with Crippen LogP contribution in [0.3, 0.4) is 0 Å². The summed E-state index contributed by atoms with van der Waals surface area (Å²) in [5.74, 6) is 0. The van der Waals surface area contributed by atoms with E-state index in [1.807, 2.05) is 0 Å². The van der Waals surface area contributed by atoms with E-state index in [1.165, 1.54) is 0 Å². The molecule has 0 saturated heterocycles. The average molecular weight is 11200 g/mol. The van der Waals surface area contributed by atoms with Crippen molar-refractivity contribution < 1.29 is 1280 Å². The van der Waals surface area contributed by atoms with Gasteiger partial charge >= 0.3 is 0 Å². The Bertz CT molecular complexity index is 0. The van der Waals surface area contributed by atoms with Gasteiger partial charge in [0.2, 0.25) is 0 Å². The molecular formula is W61. The van der Waals surface area contributed by atoms with E-state index >= 15 is 0 Å². The third-order valence-corrected chi connectivity index (χ3v) is 0. The molecule has 0 aromatic heterocycles. The molecule has 0 atom stereocenters. The van der Waals surface area contributed by atoms with Gasteiger partial charge in [0.1, 0.15) is 0 Å². The first kappa shape index (κ1) is 608. The minimum atomic E-state index is 0. The van der Waals surface area contributed by atoms with E-state index in [4.69, 9.17) is 0 Å². The van der Waals surface area contributed by atoms with E-state index in [2.05, 4.69) is 0 Å². The van der Waals surface area contributed by atoms with Crippen molar-refractivity contribution >= 4 is 0 Å². The van der Waals surface area contributed by atoms with Crippen LogP contribution in [0.4, 0.5) is 0 Å². The van der Waals surface area contributed by atoms with Crippen molar-refractivity contribution in [3.05, 3.63) is 0 Å². The largest absolute Gasteiger partial charge is 0 e. The van der Waals surface area contributed by atoms with Gasteiger partial charge in [-0.25, -0.2) is 0 Å². The van der Waals surface area contributed by atoms with E-state index in [0.29, 0.717) is 0 Å². The molecule has 0 saturated carbocycles. The second kappa shape index (κ2) is 590. The molecule has 0 aromatic carbocycles. The van der Waals surface area contributed by atoms with Crippen molar-refractivity contribution in [2.45, 2.75) is 0 Å². The molecule has 0 nitrogen and oxygen atoms in total. The molecule has 0 N–H and O–H groups in total. The van der Waals surface area contributed by atoms with Gasteiger partial charge in [0.25, 0.3) is 0 Å². The Morgan fingerprint density at radius 1 is 0.0164 bits per heavy atom. The maximum atomic E-state index is 0. The normalized spacial score (nSPS) is 0. The first-order chi connectivity index (χ1) is 0. The van der Waals surface area contributed by atoms with Gasteiger partial charge < -0.3 is 0 Å². The average Bonchev–Trinajstić information content (AvgIpc) is 0. The number of rotatable bonds is 0. The van der Waals surface area contributed by atoms with Gasteiger partial charge in [0.05, 0.1) is 0 Å². The zero-order valence-electron chi connectivity index (χ0n) is 24.9. The van der Waals surface area contributed by atoms with Gasteiger partial charge in [0, 0.05) is 1280 Å². The summed E-state index contributed by atoms with van der Waals surface area (Å²) in [6, 6.07) is 0. The molecule has 0 rings (SSSR count). The second-order valence-corrected chi connectivity index (χ2v) is 0. The van der Waals surface area contributed by atoms with Gasteiger partial charge in [-0.15, -0.1) is 0 Å². The maximum Gasteiger partial charge on any atom is 0 e. The summed E-state index contributed by atoms with van der Waals surface area (Å²) in [5.41, 5.74) is 0. The Labute approximate surface area is 1250 Å². The van der Waals surface area contributed by atoms with Crippen molar-refractivity contribution in [2.24, 2.45) is 0 Å². The molecule has 0 amide bonds. The molecule has 0 bridgehead atoms. The first-order valence-electron chi connectivity index (χ1n) is 0. The molecule has 0 unspecified atom stereocenters. The molecule has 0 aromatic rings. The molecule has 0 aliphatic rings. The Morgan fingerprint density at radius 2 is 0.0164 bits per heavy atom. The first-order valence-corrected chi connectivity index (χ1v) is 0. The zero-order valence-corrected chi connectivity index (χ0v) is 204. The minimum absolute atomic E-state index is 0. The summed E-state index contributed by atoms with van der Waals surface area (Å²) in [7, 11) is 0. The third kappa shape index (κ3) is 578. The van der Waals surface area contributed by atoms with E-state index in [0.717, 1.165) is 0 Å². The van der Waals surface area contributed by atoms with Crippen molar-refractivity contribution in [2.75, 3.05) is 0 Å². The summed E-state index contributed by atoms with van der Waals surface area (Å²) in [6.45, 7) is 0. The Morgan fingerprint density at radius 3 is 0.0164 bits per heavy atom. The van der Waals surface area contributed by atoms with Crippen molar-refractivity contribution in [3.63, 3.8) is 0 Å². The van der Waals surface area contributed by atoms with E-state index < -0.39 is 0 Å². The molecule has 61 heteroatoms. The van der Waals surface area contributed by atoms with Crippen LogP contribution in [-0.2, 0) is 1280 Å². The van der Waals surface area contributed by atoms with Crippen LogP contribution in [0.1, 0.15) is 0 Å². The van der Waals surface area contributed by atoms with Gasteiger partial charge in [-0.1, -0.05) is 0 Å². The van der Waals surface area contributed by atoms with Gasteiger partial charge in [0.15, 0.2) is 0 Å². The Kier molecular flexibility index (Phi) is 5880. The van der Waals surface area contributed by atoms with Crippen molar-refractivity contribution in [1.82, 2.24) is 0 Å². The quantitative estimate of drug-likeness (QED) is 0.317. The van der Waals surface area contributed by atoms with Gasteiger partial charge in [-0.2, -0.15) is 0 Å². The van der Waals surface area contributed by atoms with E-state index in [-0.39, 0.29) is 1280 Å². The molecule has 0 fully saturated rings. The Balaban J connectivity index is 0. The fourth-order valence-electron chi connectivity index (χ4n) is 0. The smallest absolute Gasteiger partial charge is 0 e. The van der Waals surface area contributed by atoms with E-state index in [1.54, 1.807) is 0 Å². The van der Waals surface area contributed by atoms with Crippen LogP contribution < -0.4 is 0 Å². The van der Waals surface area contributed by atoms with Crippen molar-refractivity contribution in [3.8, 4) is 0 Å². The predicted molar refractivity (Wildman–Crippen MR) is 0 cm³/mol. The molecule has 0 spiro atoms. The van der Waals surface area contributed by atoms with Gasteiger partial charge in [-0.05, 0) is 0 Å². The van der Waals surface area contributed by atoms with Crippen LogP contribution in [-0.4, -0.2) is 0 Å². The summed E-state index contributed by atoms with van der Waals surface area (Å²) >= 11 is 0. The van der Waals surface area contributed by atoms with Crippen LogP contribution >= 0.6 is 0 Å². The summed E-state index contributed by atoms with van der Waals surface area (Å²) in [5, 5.41) is 0. The monoisotopic (exact) mass is 11200 g/mol. The minimum Gasteiger partial charge on any atom is 0 e. The third-order valence-electron chi connectivity index (χ3n) is 0. The number of hydrogen-bond donors (Lipinski definition) is 0. The molecule has 0 radical (unpaired) electrons. The predicted octanol–water partition coefficient (Wildman–Crippen LogP) is -0.153. The summed E-state index contributed by atoms with van der Waals surface area (Å²) < 4.78 is 0. The van der Waals surface area contributed by atoms with Crippen LogP contribution in [0.25, 0.3) is 0 Å². The second-order valence-electron chi connectivity index (χ2n) is 0. The molecule has 0 aliphatic carbocycles. The van der Waals surface area contributed by atoms with Crippen LogP contribution in [0.15, 0.2) is 0 Å². The topological polar surface area (TPSA) is 0 Å². The van der Waals surface area contributed by atoms with Gasteiger partial charge in [-0.3, -0.25) is 0 Å². The van der Waals surface area contributed by atoms with Crippen LogP contribution in [0.5, 0.6) is 0 Å². The van der Waals surface area contributed by atoms with Crippen molar-refractivity contribution in [1.29, 1.82) is 0 Å². The number of hydrogen-bond acceptors (Lipinski definition) is 0. The maximum absolute atomic E-state index is 0. The standard InChI is InChI=1S/61W. The molecular weight excluding hydrogens is 11200 g/mol. The van der Waals surface area contributed by atoms with Crippen LogP contribution in [0, 0.1) is 0 Å². The summed E-state index contributed by atoms with van der Waals surface area (Å²) in [4.78, 5) is 0. The molecule has 366 valence electrons. The summed E-state index contributed by atoms with van der Waals surface area (Å²) in [6.07, 6.45) is 0. The molecule has 61 heavy (non-hydrogen) atoms. The Hall–Kier alpha value is 42.0. The van der Waals surface area contributed by atoms with E-state index in [9.17, 15) is 0 Å². The molecule has 0 heterocycles. The molecule has 0 aliphatic heterocycles. The fourth-order valence-corrected chi connectivity index (χ4v) is 0. The SMILES string of the molecule is [W].[W].[W].[W].[W].[W].[W].[W].[W].[W].[W].[W].[W].[W].[W].[W].[W].[W].[W].[W].[W].[W].[W].[W].[W].[W].[W].[W].[W].[W].[W].[W].[W].[W].[W].[W].[W].[W].[W].[W].[W].[W].[W].[W].[W].[W].[W].[W].[W].[W].[W].[W].[W].[W].[W].[W].[W].[W].[W].[W].[W]. The zero-order chi connectivity index (χ0) is 0. The van der Waals surface area contributed by atoms with Crippen LogP contribution in [0.2, 0.25) is 0 Å².